The fraction of sp³-hybridized carbons (Fsp3) is 0.250. The molecule has 1 radical (unpaired) electrons. The van der Waals surface area contributed by atoms with Gasteiger partial charge in [-0.3, -0.25) is 5.43 Å². The van der Waals surface area contributed by atoms with E-state index in [9.17, 15) is 0 Å². The van der Waals surface area contributed by atoms with E-state index in [0.717, 1.165) is 10.9 Å². The van der Waals surface area contributed by atoms with Crippen LogP contribution in [0.5, 0.6) is 0 Å². The minimum absolute atomic E-state index is 0.839. The summed E-state index contributed by atoms with van der Waals surface area (Å²) in [7, 11) is 0. The van der Waals surface area contributed by atoms with E-state index in [1.165, 1.54) is 0 Å². The average molecular weight is 111 g/mol. The zero-order valence-corrected chi connectivity index (χ0v) is 4.55. The Morgan fingerprint density at radius 1 is 2.00 bits per heavy atom. The second-order valence-electron chi connectivity index (χ2n) is 1.49. The van der Waals surface area contributed by atoms with E-state index in [4.69, 9.17) is 5.84 Å². The lowest BCUT2D eigenvalue weighted by molar-refractivity contribution is 0.230. The molecule has 0 aromatic carbocycles. The largest absolute Gasteiger partial charge is 0.265 e. The van der Waals surface area contributed by atoms with Crippen LogP contribution >= 0.6 is 0 Å². The van der Waals surface area contributed by atoms with Gasteiger partial charge in [0.25, 0.3) is 0 Å². The molecule has 1 heterocycles. The SMILES string of the molecule is CC1=NN(N)N[C]=C1. The number of hydrazine groups is 2. The first kappa shape index (κ1) is 5.11. The molecule has 0 bridgehead atoms. The fourth-order valence-electron chi connectivity index (χ4n) is 0.427. The van der Waals surface area contributed by atoms with Gasteiger partial charge >= 0.3 is 0 Å². The topological polar surface area (TPSA) is 53.6 Å². The first-order valence-electron chi connectivity index (χ1n) is 2.23. The van der Waals surface area contributed by atoms with Gasteiger partial charge in [0.2, 0.25) is 0 Å². The molecular formula is C4H7N4. The quantitative estimate of drug-likeness (QED) is 0.409. The van der Waals surface area contributed by atoms with E-state index in [1.807, 2.05) is 6.92 Å². The van der Waals surface area contributed by atoms with Crippen LogP contribution in [-0.2, 0) is 0 Å². The molecule has 0 spiro atoms. The Morgan fingerprint density at radius 2 is 2.75 bits per heavy atom. The van der Waals surface area contributed by atoms with E-state index in [2.05, 4.69) is 16.7 Å². The molecular weight excluding hydrogens is 104 g/mol. The first-order chi connectivity index (χ1) is 3.79. The molecule has 4 heteroatoms. The highest BCUT2D eigenvalue weighted by atomic mass is 15.8. The Hall–Kier alpha value is -1.03. The van der Waals surface area contributed by atoms with Gasteiger partial charge in [0.15, 0.2) is 0 Å². The zero-order chi connectivity index (χ0) is 5.98. The van der Waals surface area contributed by atoms with Gasteiger partial charge in [0, 0.05) is 0 Å². The van der Waals surface area contributed by atoms with Crippen molar-refractivity contribution in [3.05, 3.63) is 12.3 Å². The summed E-state index contributed by atoms with van der Waals surface area (Å²) in [6.45, 7) is 1.84. The van der Waals surface area contributed by atoms with Crippen LogP contribution in [-0.4, -0.2) is 10.9 Å². The monoisotopic (exact) mass is 111 g/mol. The zero-order valence-electron chi connectivity index (χ0n) is 4.55. The van der Waals surface area contributed by atoms with Crippen LogP contribution in [0.25, 0.3) is 0 Å². The molecule has 0 amide bonds. The molecule has 0 aromatic rings. The van der Waals surface area contributed by atoms with E-state index in [0.29, 0.717) is 0 Å². The van der Waals surface area contributed by atoms with Crippen molar-refractivity contribution in [2.45, 2.75) is 6.92 Å². The van der Waals surface area contributed by atoms with Crippen molar-refractivity contribution in [1.82, 2.24) is 10.7 Å². The van der Waals surface area contributed by atoms with Crippen molar-refractivity contribution in [3.8, 4) is 0 Å². The molecule has 1 aliphatic rings. The summed E-state index contributed by atoms with van der Waals surface area (Å²) in [6.07, 6.45) is 4.39. The van der Waals surface area contributed by atoms with Crippen molar-refractivity contribution >= 4 is 5.71 Å². The Labute approximate surface area is 47.6 Å². The number of hydrogen-bond donors (Lipinski definition) is 2. The minimum atomic E-state index is 0.839. The van der Waals surface area contributed by atoms with Crippen LogP contribution in [0.2, 0.25) is 0 Å². The maximum Gasteiger partial charge on any atom is 0.0843 e. The van der Waals surface area contributed by atoms with Gasteiger partial charge in [-0.15, -0.1) is 10.3 Å². The molecule has 0 aromatic heterocycles. The number of rotatable bonds is 0. The molecule has 0 saturated heterocycles. The normalized spacial score (nSPS) is 17.8. The van der Waals surface area contributed by atoms with Gasteiger partial charge < -0.3 is 0 Å². The van der Waals surface area contributed by atoms with Crippen molar-refractivity contribution in [2.24, 2.45) is 10.9 Å². The standard InChI is InChI=1S/C4H7N4/c1-4-2-3-6-8(5)7-4/h2,6H,5H2,1H3. The van der Waals surface area contributed by atoms with Crippen LogP contribution < -0.4 is 11.3 Å². The third-order valence-corrected chi connectivity index (χ3v) is 0.726. The smallest absolute Gasteiger partial charge is 0.0843 e. The molecule has 0 fully saturated rings. The van der Waals surface area contributed by atoms with E-state index < -0.39 is 0 Å². The molecule has 8 heavy (non-hydrogen) atoms. The molecule has 0 saturated carbocycles. The summed E-state index contributed by atoms with van der Waals surface area (Å²) < 4.78 is 0. The first-order valence-corrected chi connectivity index (χ1v) is 2.23. The molecule has 43 valence electrons. The Morgan fingerprint density at radius 3 is 3.12 bits per heavy atom. The van der Waals surface area contributed by atoms with E-state index in [-0.39, 0.29) is 0 Å². The van der Waals surface area contributed by atoms with E-state index >= 15 is 0 Å². The van der Waals surface area contributed by atoms with Crippen LogP contribution in [0.4, 0.5) is 0 Å². The van der Waals surface area contributed by atoms with Crippen LogP contribution in [0.3, 0.4) is 0 Å². The number of nitrogens with one attached hydrogen (secondary N) is 1. The number of allylic oxidation sites excluding steroid dienone is 1. The maximum atomic E-state index is 5.18. The van der Waals surface area contributed by atoms with Gasteiger partial charge in [-0.2, -0.15) is 0 Å². The lowest BCUT2D eigenvalue weighted by Crippen LogP contribution is -2.38. The molecule has 0 aliphatic carbocycles. The van der Waals surface area contributed by atoms with Crippen molar-refractivity contribution < 1.29 is 0 Å². The van der Waals surface area contributed by atoms with Crippen LogP contribution in [0, 0.1) is 6.20 Å². The average Bonchev–Trinajstić information content (AvgIpc) is 1.64. The van der Waals surface area contributed by atoms with Crippen LogP contribution in [0.15, 0.2) is 11.2 Å². The Kier molecular flexibility index (Phi) is 1.17. The molecule has 1 aliphatic heterocycles. The van der Waals surface area contributed by atoms with Gasteiger partial charge in [0.1, 0.15) is 0 Å². The van der Waals surface area contributed by atoms with Crippen LogP contribution in [0.1, 0.15) is 6.92 Å². The van der Waals surface area contributed by atoms with Crippen molar-refractivity contribution in [3.63, 3.8) is 0 Å². The lowest BCUT2D eigenvalue weighted by Gasteiger charge is -2.13. The molecule has 0 atom stereocenters. The highest BCUT2D eigenvalue weighted by Crippen LogP contribution is 1.85. The Balaban J connectivity index is 2.63. The second-order valence-corrected chi connectivity index (χ2v) is 1.49. The fourth-order valence-corrected chi connectivity index (χ4v) is 0.427. The third-order valence-electron chi connectivity index (χ3n) is 0.726. The predicted molar refractivity (Wildman–Crippen MR) is 30.1 cm³/mol. The lowest BCUT2D eigenvalue weighted by atomic mass is 10.4. The maximum absolute atomic E-state index is 5.18. The molecule has 4 nitrogen and oxygen atoms in total. The summed E-state index contributed by atoms with van der Waals surface area (Å²) in [6, 6.07) is 0. The molecule has 1 rings (SSSR count). The van der Waals surface area contributed by atoms with Gasteiger partial charge in [-0.1, -0.05) is 0 Å². The second kappa shape index (κ2) is 1.83. The molecule has 3 N–H and O–H groups in total. The third kappa shape index (κ3) is 0.974. The number of nitrogens with zero attached hydrogens (tertiary/aromatic N) is 2. The Bertz CT molecular complexity index is 137. The van der Waals surface area contributed by atoms with Crippen molar-refractivity contribution in [2.75, 3.05) is 0 Å². The molecule has 0 unspecified atom stereocenters. The summed E-state index contributed by atoms with van der Waals surface area (Å²) >= 11 is 0. The predicted octanol–water partition coefficient (Wildman–Crippen LogP) is -0.627. The summed E-state index contributed by atoms with van der Waals surface area (Å²) in [5.41, 5.74) is 3.37. The van der Waals surface area contributed by atoms with Crippen molar-refractivity contribution in [1.29, 1.82) is 0 Å². The highest BCUT2D eigenvalue weighted by Gasteiger charge is 1.94. The van der Waals surface area contributed by atoms with Gasteiger partial charge in [-0.25, -0.2) is 5.84 Å². The van der Waals surface area contributed by atoms with E-state index in [1.54, 1.807) is 6.08 Å². The minimum Gasteiger partial charge on any atom is -0.265 e. The summed E-state index contributed by atoms with van der Waals surface area (Å²) in [5, 5.41) is 4.89. The van der Waals surface area contributed by atoms with Gasteiger partial charge in [0.05, 0.1) is 11.9 Å². The summed E-state index contributed by atoms with van der Waals surface area (Å²) in [5.74, 6) is 5.18. The highest BCUT2D eigenvalue weighted by molar-refractivity contribution is 5.92. The number of hydrazone groups is 1. The number of hydrogen-bond acceptors (Lipinski definition) is 4. The summed E-state index contributed by atoms with van der Waals surface area (Å²) in [4.78, 5) is 0. The van der Waals surface area contributed by atoms with Gasteiger partial charge in [-0.05, 0) is 13.0 Å². The number of nitrogens with two attached hydrogens (primary N) is 1.